The predicted octanol–water partition coefficient (Wildman–Crippen LogP) is 2.90. The van der Waals surface area contributed by atoms with Gasteiger partial charge in [0.05, 0.1) is 17.9 Å². The summed E-state index contributed by atoms with van der Waals surface area (Å²) in [6.07, 6.45) is 4.61. The van der Waals surface area contributed by atoms with Gasteiger partial charge in [0, 0.05) is 4.90 Å². The smallest absolute Gasteiger partial charge is 0.230 e. The van der Waals surface area contributed by atoms with Gasteiger partial charge in [-0.05, 0) is 31.9 Å². The molecule has 0 radical (unpaired) electrons. The Balaban J connectivity index is 1.78. The highest BCUT2D eigenvalue weighted by Crippen LogP contribution is 2.20. The number of aryl methyl sites for hydroxylation is 1. The van der Waals surface area contributed by atoms with Gasteiger partial charge in [0.15, 0.2) is 0 Å². The van der Waals surface area contributed by atoms with Crippen molar-refractivity contribution in [1.29, 1.82) is 0 Å². The van der Waals surface area contributed by atoms with E-state index in [9.17, 15) is 9.90 Å². The van der Waals surface area contributed by atoms with Crippen LogP contribution in [0, 0.1) is 6.92 Å². The lowest BCUT2D eigenvalue weighted by Gasteiger charge is -2.21. The maximum absolute atomic E-state index is 12.0. The molecule has 2 unspecified atom stereocenters. The summed E-state index contributed by atoms with van der Waals surface area (Å²) in [7, 11) is 0. The van der Waals surface area contributed by atoms with Crippen molar-refractivity contribution in [3.63, 3.8) is 0 Å². The molecule has 4 heteroatoms. The Labute approximate surface area is 125 Å². The van der Waals surface area contributed by atoms with E-state index in [4.69, 9.17) is 0 Å². The van der Waals surface area contributed by atoms with Crippen molar-refractivity contribution in [1.82, 2.24) is 5.32 Å². The molecule has 0 aromatic heterocycles. The summed E-state index contributed by atoms with van der Waals surface area (Å²) in [4.78, 5) is 13.1. The van der Waals surface area contributed by atoms with Crippen molar-refractivity contribution in [2.45, 2.75) is 56.1 Å². The van der Waals surface area contributed by atoms with E-state index in [1.54, 1.807) is 0 Å². The van der Waals surface area contributed by atoms with Gasteiger partial charge in [-0.25, -0.2) is 0 Å². The Kier molecular flexibility index (Phi) is 5.92. The molecule has 2 N–H and O–H groups in total. The number of hydrogen-bond acceptors (Lipinski definition) is 3. The van der Waals surface area contributed by atoms with Crippen LogP contribution in [0.25, 0.3) is 0 Å². The van der Waals surface area contributed by atoms with Crippen LogP contribution in [0.1, 0.15) is 37.7 Å². The highest BCUT2D eigenvalue weighted by Gasteiger charge is 2.22. The summed E-state index contributed by atoms with van der Waals surface area (Å²) in [5.41, 5.74) is 1.22. The summed E-state index contributed by atoms with van der Waals surface area (Å²) >= 11 is 1.54. The van der Waals surface area contributed by atoms with Gasteiger partial charge in [-0.3, -0.25) is 4.79 Å². The molecule has 1 aliphatic carbocycles. The van der Waals surface area contributed by atoms with Crippen molar-refractivity contribution in [3.05, 3.63) is 29.8 Å². The molecule has 2 atom stereocenters. The lowest BCUT2D eigenvalue weighted by Crippen LogP contribution is -2.43. The number of aliphatic hydroxyl groups excluding tert-OH is 1. The second-order valence-electron chi connectivity index (χ2n) is 5.48. The van der Waals surface area contributed by atoms with Gasteiger partial charge in [0.2, 0.25) is 5.91 Å². The lowest BCUT2D eigenvalue weighted by atomic mass is 10.1. The molecule has 1 amide bonds. The molecule has 1 aromatic rings. The van der Waals surface area contributed by atoms with Crippen LogP contribution in [0.2, 0.25) is 0 Å². The molecule has 1 fully saturated rings. The summed E-state index contributed by atoms with van der Waals surface area (Å²) in [5.74, 6) is 0.424. The molecular formula is C16H23NO2S. The SMILES string of the molecule is Cc1ccc(SCC(=O)NC2CCCCCC2O)cc1. The Morgan fingerprint density at radius 2 is 1.95 bits per heavy atom. The van der Waals surface area contributed by atoms with Gasteiger partial charge in [0.1, 0.15) is 0 Å². The zero-order valence-electron chi connectivity index (χ0n) is 12.0. The Hall–Kier alpha value is -1.00. The molecule has 0 bridgehead atoms. The molecule has 0 heterocycles. The van der Waals surface area contributed by atoms with Crippen LogP contribution in [0.5, 0.6) is 0 Å². The zero-order chi connectivity index (χ0) is 14.4. The van der Waals surface area contributed by atoms with E-state index >= 15 is 0 Å². The second-order valence-corrected chi connectivity index (χ2v) is 6.53. The number of thioether (sulfide) groups is 1. The van der Waals surface area contributed by atoms with Gasteiger partial charge in [-0.15, -0.1) is 11.8 Å². The number of carbonyl (C=O) groups excluding carboxylic acids is 1. The third-order valence-electron chi connectivity index (χ3n) is 3.72. The van der Waals surface area contributed by atoms with E-state index in [0.29, 0.717) is 5.75 Å². The fourth-order valence-corrected chi connectivity index (χ4v) is 3.20. The van der Waals surface area contributed by atoms with Crippen molar-refractivity contribution in [2.75, 3.05) is 5.75 Å². The van der Waals surface area contributed by atoms with Crippen LogP contribution in [0.4, 0.5) is 0 Å². The van der Waals surface area contributed by atoms with Crippen LogP contribution in [-0.2, 0) is 4.79 Å². The molecule has 2 rings (SSSR count). The summed E-state index contributed by atoms with van der Waals surface area (Å²) in [6.45, 7) is 2.05. The van der Waals surface area contributed by atoms with E-state index in [-0.39, 0.29) is 18.1 Å². The van der Waals surface area contributed by atoms with Crippen LogP contribution < -0.4 is 5.32 Å². The molecule has 1 aromatic carbocycles. The van der Waals surface area contributed by atoms with E-state index in [1.165, 1.54) is 17.3 Å². The quantitative estimate of drug-likeness (QED) is 0.663. The molecule has 1 aliphatic rings. The van der Waals surface area contributed by atoms with Gasteiger partial charge < -0.3 is 10.4 Å². The maximum atomic E-state index is 12.0. The number of rotatable bonds is 4. The number of benzene rings is 1. The first kappa shape index (κ1) is 15.4. The molecular weight excluding hydrogens is 270 g/mol. The highest BCUT2D eigenvalue weighted by molar-refractivity contribution is 8.00. The Bertz CT molecular complexity index is 433. The first-order valence-electron chi connectivity index (χ1n) is 7.32. The minimum atomic E-state index is -0.383. The fraction of sp³-hybridized carbons (Fsp3) is 0.562. The average molecular weight is 293 g/mol. The van der Waals surface area contributed by atoms with Crippen molar-refractivity contribution >= 4 is 17.7 Å². The van der Waals surface area contributed by atoms with Crippen molar-refractivity contribution in [3.8, 4) is 0 Å². The standard InChI is InChI=1S/C16H23NO2S/c1-12-7-9-13(10-8-12)20-11-16(19)17-14-5-3-2-4-6-15(14)18/h7-10,14-15,18H,2-6,11H2,1H3,(H,17,19). The predicted molar refractivity (Wildman–Crippen MR) is 82.9 cm³/mol. The van der Waals surface area contributed by atoms with Gasteiger partial charge in [0.25, 0.3) is 0 Å². The number of hydrogen-bond donors (Lipinski definition) is 2. The monoisotopic (exact) mass is 293 g/mol. The largest absolute Gasteiger partial charge is 0.391 e. The molecule has 1 saturated carbocycles. The number of nitrogens with one attached hydrogen (secondary N) is 1. The number of carbonyl (C=O) groups is 1. The van der Waals surface area contributed by atoms with Crippen molar-refractivity contribution in [2.24, 2.45) is 0 Å². The second kappa shape index (κ2) is 7.70. The number of aliphatic hydroxyl groups is 1. The minimum Gasteiger partial charge on any atom is -0.391 e. The lowest BCUT2D eigenvalue weighted by molar-refractivity contribution is -0.120. The van der Waals surface area contributed by atoms with E-state index in [1.807, 2.05) is 12.1 Å². The van der Waals surface area contributed by atoms with Crippen LogP contribution in [0.3, 0.4) is 0 Å². The molecule has 3 nitrogen and oxygen atoms in total. The molecule has 20 heavy (non-hydrogen) atoms. The van der Waals surface area contributed by atoms with E-state index < -0.39 is 0 Å². The molecule has 110 valence electrons. The average Bonchev–Trinajstić information content (AvgIpc) is 2.64. The molecule has 0 spiro atoms. The summed E-state index contributed by atoms with van der Waals surface area (Å²) < 4.78 is 0. The third-order valence-corrected chi connectivity index (χ3v) is 4.73. The first-order valence-corrected chi connectivity index (χ1v) is 8.30. The maximum Gasteiger partial charge on any atom is 0.230 e. The number of amides is 1. The van der Waals surface area contributed by atoms with Gasteiger partial charge in [-0.2, -0.15) is 0 Å². The van der Waals surface area contributed by atoms with Crippen LogP contribution >= 0.6 is 11.8 Å². The Morgan fingerprint density at radius 3 is 2.70 bits per heavy atom. The highest BCUT2D eigenvalue weighted by atomic mass is 32.2. The summed E-state index contributed by atoms with van der Waals surface area (Å²) in [6, 6.07) is 8.11. The van der Waals surface area contributed by atoms with Gasteiger partial charge >= 0.3 is 0 Å². The topological polar surface area (TPSA) is 49.3 Å². The third kappa shape index (κ3) is 4.84. The van der Waals surface area contributed by atoms with E-state index in [0.717, 1.165) is 37.0 Å². The Morgan fingerprint density at radius 1 is 1.25 bits per heavy atom. The van der Waals surface area contributed by atoms with Crippen LogP contribution in [0.15, 0.2) is 29.2 Å². The summed E-state index contributed by atoms with van der Waals surface area (Å²) in [5, 5.41) is 13.0. The van der Waals surface area contributed by atoms with Crippen molar-refractivity contribution < 1.29 is 9.90 Å². The molecule has 0 aliphatic heterocycles. The molecule has 0 saturated heterocycles. The fourth-order valence-electron chi connectivity index (χ4n) is 2.49. The first-order chi connectivity index (χ1) is 9.65. The minimum absolute atomic E-state index is 0.0153. The zero-order valence-corrected chi connectivity index (χ0v) is 12.8. The van der Waals surface area contributed by atoms with Gasteiger partial charge in [-0.1, -0.05) is 37.0 Å². The normalized spacial score (nSPS) is 23.1. The van der Waals surface area contributed by atoms with E-state index in [2.05, 4.69) is 24.4 Å². The van der Waals surface area contributed by atoms with Crippen LogP contribution in [-0.4, -0.2) is 28.9 Å².